The first-order valence-electron chi connectivity index (χ1n) is 7.57. The fourth-order valence-electron chi connectivity index (χ4n) is 1.92. The summed E-state index contributed by atoms with van der Waals surface area (Å²) in [6.45, 7) is 6.93. The van der Waals surface area contributed by atoms with E-state index in [2.05, 4.69) is 18.8 Å². The summed E-state index contributed by atoms with van der Waals surface area (Å²) >= 11 is 0. The second kappa shape index (κ2) is 7.74. The third-order valence-electron chi connectivity index (χ3n) is 3.30. The maximum absolute atomic E-state index is 13.7. The minimum atomic E-state index is -0.301. The van der Waals surface area contributed by atoms with Crippen LogP contribution < -0.4 is 4.74 Å². The number of rotatable bonds is 6. The summed E-state index contributed by atoms with van der Waals surface area (Å²) in [5.41, 5.74) is 2.15. The van der Waals surface area contributed by atoms with Gasteiger partial charge in [0.15, 0.2) is 0 Å². The molecule has 0 spiro atoms. The fraction of sp³-hybridized carbons (Fsp3) is 0.316. The van der Waals surface area contributed by atoms with Crippen molar-refractivity contribution in [1.29, 1.82) is 0 Å². The Hall–Kier alpha value is -2.16. The van der Waals surface area contributed by atoms with Crippen LogP contribution in [0.5, 0.6) is 5.75 Å². The number of aliphatic imine (C=N–C) groups is 1. The first-order valence-corrected chi connectivity index (χ1v) is 7.57. The lowest BCUT2D eigenvalue weighted by Gasteiger charge is -2.07. The van der Waals surface area contributed by atoms with Crippen LogP contribution in [0, 0.1) is 18.7 Å². The molecule has 116 valence electrons. The average molecular weight is 299 g/mol. The molecule has 3 heteroatoms. The number of ether oxygens (including phenoxy) is 1. The van der Waals surface area contributed by atoms with Crippen molar-refractivity contribution in [2.45, 2.75) is 27.2 Å². The monoisotopic (exact) mass is 299 g/mol. The van der Waals surface area contributed by atoms with Gasteiger partial charge in [0.05, 0.1) is 12.3 Å². The van der Waals surface area contributed by atoms with E-state index in [0.29, 0.717) is 11.6 Å². The Kier molecular flexibility index (Phi) is 5.70. The highest BCUT2D eigenvalue weighted by Crippen LogP contribution is 2.19. The summed E-state index contributed by atoms with van der Waals surface area (Å²) in [7, 11) is 0. The number of nitrogens with zero attached hydrogens (tertiary/aromatic N) is 1. The van der Waals surface area contributed by atoms with Gasteiger partial charge in [0.2, 0.25) is 0 Å². The molecule has 0 saturated heterocycles. The zero-order chi connectivity index (χ0) is 15.9. The number of benzene rings is 2. The number of hydrogen-bond donors (Lipinski definition) is 0. The highest BCUT2D eigenvalue weighted by molar-refractivity contribution is 5.82. The molecule has 0 aromatic heterocycles. The van der Waals surface area contributed by atoms with Crippen molar-refractivity contribution in [3.05, 3.63) is 59.4 Å². The summed E-state index contributed by atoms with van der Waals surface area (Å²) in [4.78, 5) is 4.19. The van der Waals surface area contributed by atoms with Gasteiger partial charge in [-0.15, -0.1) is 0 Å². The van der Waals surface area contributed by atoms with Crippen molar-refractivity contribution in [3.63, 3.8) is 0 Å². The largest absolute Gasteiger partial charge is 0.494 e. The molecule has 0 fully saturated rings. The minimum Gasteiger partial charge on any atom is -0.494 e. The van der Waals surface area contributed by atoms with Crippen LogP contribution in [0.4, 0.5) is 10.1 Å². The molecule has 2 aromatic rings. The molecule has 0 aliphatic carbocycles. The molecule has 22 heavy (non-hydrogen) atoms. The lowest BCUT2D eigenvalue weighted by molar-refractivity contribution is 0.289. The van der Waals surface area contributed by atoms with Gasteiger partial charge in [-0.3, -0.25) is 4.99 Å². The average Bonchev–Trinajstić information content (AvgIpc) is 2.47. The van der Waals surface area contributed by atoms with Crippen LogP contribution in [0.15, 0.2) is 47.5 Å². The Balaban J connectivity index is 1.97. The molecule has 2 rings (SSSR count). The standard InChI is InChI=1S/C19H22FNO/c1-14(2)10-11-22-17-7-5-16(6-8-17)13-21-19-9-4-15(3)12-18(19)20/h4-9,12-14H,10-11H2,1-3H3. The van der Waals surface area contributed by atoms with Gasteiger partial charge in [0.25, 0.3) is 0 Å². The lowest BCUT2D eigenvalue weighted by Crippen LogP contribution is -2.01. The van der Waals surface area contributed by atoms with Crippen LogP contribution in [0.2, 0.25) is 0 Å². The van der Waals surface area contributed by atoms with Crippen LogP contribution in [0.25, 0.3) is 0 Å². The van der Waals surface area contributed by atoms with Crippen LogP contribution in [-0.2, 0) is 0 Å². The Bertz CT molecular complexity index is 632. The molecule has 0 radical (unpaired) electrons. The molecule has 0 N–H and O–H groups in total. The maximum atomic E-state index is 13.7. The molecule has 2 aromatic carbocycles. The molecule has 0 aliphatic heterocycles. The predicted molar refractivity (Wildman–Crippen MR) is 89.8 cm³/mol. The van der Waals surface area contributed by atoms with Crippen molar-refractivity contribution in [2.24, 2.45) is 10.9 Å². The molecule has 0 unspecified atom stereocenters. The highest BCUT2D eigenvalue weighted by atomic mass is 19.1. The van der Waals surface area contributed by atoms with Gasteiger partial charge in [0, 0.05) is 6.21 Å². The van der Waals surface area contributed by atoms with Gasteiger partial charge in [0.1, 0.15) is 11.6 Å². The second-order valence-corrected chi connectivity index (χ2v) is 5.81. The van der Waals surface area contributed by atoms with Crippen LogP contribution in [0.1, 0.15) is 31.4 Å². The van der Waals surface area contributed by atoms with Crippen molar-refractivity contribution >= 4 is 11.9 Å². The summed E-state index contributed by atoms with van der Waals surface area (Å²) in [6.07, 6.45) is 2.70. The first-order chi connectivity index (χ1) is 10.5. The molecule has 0 bridgehead atoms. The van der Waals surface area contributed by atoms with E-state index >= 15 is 0 Å². The summed E-state index contributed by atoms with van der Waals surface area (Å²) in [5, 5.41) is 0. The van der Waals surface area contributed by atoms with Crippen molar-refractivity contribution in [2.75, 3.05) is 6.61 Å². The van der Waals surface area contributed by atoms with Gasteiger partial charge >= 0.3 is 0 Å². The van der Waals surface area contributed by atoms with Crippen molar-refractivity contribution in [3.8, 4) is 5.75 Å². The molecule has 0 heterocycles. The highest BCUT2D eigenvalue weighted by Gasteiger charge is 2.00. The van der Waals surface area contributed by atoms with Crippen LogP contribution in [-0.4, -0.2) is 12.8 Å². The summed E-state index contributed by atoms with van der Waals surface area (Å²) < 4.78 is 19.4. The fourth-order valence-corrected chi connectivity index (χ4v) is 1.92. The Morgan fingerprint density at radius 3 is 2.50 bits per heavy atom. The van der Waals surface area contributed by atoms with E-state index < -0.39 is 0 Å². The van der Waals surface area contributed by atoms with Gasteiger partial charge in [-0.25, -0.2) is 4.39 Å². The minimum absolute atomic E-state index is 0.301. The van der Waals surface area contributed by atoms with E-state index in [1.807, 2.05) is 37.3 Å². The third kappa shape index (κ3) is 4.99. The molecular formula is C19H22FNO. The van der Waals surface area contributed by atoms with Crippen molar-refractivity contribution < 1.29 is 9.13 Å². The molecule has 0 atom stereocenters. The van der Waals surface area contributed by atoms with Gasteiger partial charge in [-0.05, 0) is 66.8 Å². The van der Waals surface area contributed by atoms with E-state index in [0.717, 1.165) is 29.9 Å². The summed E-state index contributed by atoms with van der Waals surface area (Å²) in [6, 6.07) is 12.7. The molecule has 0 aliphatic rings. The third-order valence-corrected chi connectivity index (χ3v) is 3.30. The van der Waals surface area contributed by atoms with E-state index in [1.54, 1.807) is 12.3 Å². The zero-order valence-corrected chi connectivity index (χ0v) is 13.3. The molecular weight excluding hydrogens is 277 g/mol. The van der Waals surface area contributed by atoms with Crippen LogP contribution >= 0.6 is 0 Å². The predicted octanol–water partition coefficient (Wildman–Crippen LogP) is 5.31. The van der Waals surface area contributed by atoms with Gasteiger partial charge in [-0.2, -0.15) is 0 Å². The van der Waals surface area contributed by atoms with E-state index in [1.165, 1.54) is 6.07 Å². The number of halogens is 1. The van der Waals surface area contributed by atoms with Gasteiger partial charge in [-0.1, -0.05) is 19.9 Å². The normalized spacial score (nSPS) is 11.3. The zero-order valence-electron chi connectivity index (χ0n) is 13.3. The molecule has 0 amide bonds. The van der Waals surface area contributed by atoms with E-state index in [9.17, 15) is 4.39 Å². The summed E-state index contributed by atoms with van der Waals surface area (Å²) in [5.74, 6) is 1.18. The van der Waals surface area contributed by atoms with E-state index in [4.69, 9.17) is 4.74 Å². The number of hydrogen-bond acceptors (Lipinski definition) is 2. The van der Waals surface area contributed by atoms with Crippen LogP contribution in [0.3, 0.4) is 0 Å². The Morgan fingerprint density at radius 2 is 1.86 bits per heavy atom. The second-order valence-electron chi connectivity index (χ2n) is 5.81. The smallest absolute Gasteiger partial charge is 0.149 e. The maximum Gasteiger partial charge on any atom is 0.149 e. The number of aryl methyl sites for hydroxylation is 1. The SMILES string of the molecule is Cc1ccc(N=Cc2ccc(OCCC(C)C)cc2)c(F)c1. The van der Waals surface area contributed by atoms with E-state index in [-0.39, 0.29) is 5.82 Å². The first kappa shape index (κ1) is 16.2. The van der Waals surface area contributed by atoms with Gasteiger partial charge < -0.3 is 4.74 Å². The Labute approximate surface area is 131 Å². The molecule has 0 saturated carbocycles. The molecule has 2 nitrogen and oxygen atoms in total. The lowest BCUT2D eigenvalue weighted by atomic mass is 10.1. The Morgan fingerprint density at radius 1 is 1.14 bits per heavy atom. The van der Waals surface area contributed by atoms with Crippen molar-refractivity contribution in [1.82, 2.24) is 0 Å². The quantitative estimate of drug-likeness (QED) is 0.662. The topological polar surface area (TPSA) is 21.6 Å².